The van der Waals surface area contributed by atoms with Gasteiger partial charge in [-0.15, -0.1) is 0 Å². The third-order valence-corrected chi connectivity index (χ3v) is 2.23. The number of hydrogen-bond donors (Lipinski definition) is 2. The highest BCUT2D eigenvalue weighted by atomic mass is 16.6. The molecular formula is C12H19N3O3. The number of benzene rings is 1. The topological polar surface area (TPSA) is 76.4 Å². The Morgan fingerprint density at radius 1 is 1.39 bits per heavy atom. The largest absolute Gasteiger partial charge is 0.484 e. The molecule has 1 rings (SSSR count). The van der Waals surface area contributed by atoms with Gasteiger partial charge in [0.15, 0.2) is 5.75 Å². The summed E-state index contributed by atoms with van der Waals surface area (Å²) in [5.74, 6) is 0.296. The van der Waals surface area contributed by atoms with Crippen LogP contribution in [0.4, 0.5) is 11.4 Å². The van der Waals surface area contributed by atoms with Crippen LogP contribution in [-0.4, -0.2) is 31.2 Å². The Morgan fingerprint density at radius 2 is 2.11 bits per heavy atom. The molecule has 0 fully saturated rings. The van der Waals surface area contributed by atoms with E-state index in [4.69, 9.17) is 4.74 Å². The molecule has 0 aliphatic carbocycles. The maximum absolute atomic E-state index is 11.1. The molecule has 6 nitrogen and oxygen atoms in total. The first-order valence-corrected chi connectivity index (χ1v) is 5.88. The predicted molar refractivity (Wildman–Crippen MR) is 71.3 cm³/mol. The first-order valence-electron chi connectivity index (χ1n) is 5.88. The van der Waals surface area contributed by atoms with E-state index in [2.05, 4.69) is 10.6 Å². The molecule has 0 saturated heterocycles. The first kappa shape index (κ1) is 14.2. The van der Waals surface area contributed by atoms with Crippen molar-refractivity contribution >= 4 is 11.4 Å². The van der Waals surface area contributed by atoms with E-state index in [1.165, 1.54) is 0 Å². The van der Waals surface area contributed by atoms with E-state index in [1.54, 1.807) is 18.2 Å². The predicted octanol–water partition coefficient (Wildman–Crippen LogP) is 2.01. The van der Waals surface area contributed by atoms with Gasteiger partial charge < -0.3 is 15.4 Å². The normalized spacial score (nSPS) is 10.4. The third-order valence-electron chi connectivity index (χ3n) is 2.23. The summed E-state index contributed by atoms with van der Waals surface area (Å²) in [6.45, 7) is 5.02. The molecule has 0 aliphatic rings. The summed E-state index contributed by atoms with van der Waals surface area (Å²) in [7, 11) is 1.83. The van der Waals surface area contributed by atoms with Gasteiger partial charge in [0.05, 0.1) is 11.0 Å². The molecular weight excluding hydrogens is 234 g/mol. The number of nitro groups is 1. The van der Waals surface area contributed by atoms with Gasteiger partial charge in [0.25, 0.3) is 0 Å². The highest BCUT2D eigenvalue weighted by molar-refractivity contribution is 5.68. The van der Waals surface area contributed by atoms with Crippen molar-refractivity contribution in [2.75, 3.05) is 25.5 Å². The summed E-state index contributed by atoms with van der Waals surface area (Å²) in [5, 5.41) is 17.1. The summed E-state index contributed by atoms with van der Waals surface area (Å²) < 4.78 is 5.46. The summed E-state index contributed by atoms with van der Waals surface area (Å²) in [4.78, 5) is 10.7. The van der Waals surface area contributed by atoms with E-state index in [0.717, 1.165) is 6.54 Å². The van der Waals surface area contributed by atoms with Crippen LogP contribution in [0.15, 0.2) is 18.2 Å². The number of para-hydroxylation sites is 1. The van der Waals surface area contributed by atoms with Crippen molar-refractivity contribution in [1.82, 2.24) is 5.32 Å². The molecule has 0 aromatic heterocycles. The fourth-order valence-corrected chi connectivity index (χ4v) is 1.52. The maximum Gasteiger partial charge on any atom is 0.333 e. The second kappa shape index (κ2) is 6.80. The molecule has 0 saturated carbocycles. The molecule has 0 spiro atoms. The lowest BCUT2D eigenvalue weighted by molar-refractivity contribution is -0.385. The third kappa shape index (κ3) is 3.89. The number of nitrogens with one attached hydrogen (secondary N) is 2. The second-order valence-electron chi connectivity index (χ2n) is 4.11. The molecule has 0 aliphatic heterocycles. The summed E-state index contributed by atoms with van der Waals surface area (Å²) >= 11 is 0. The van der Waals surface area contributed by atoms with Crippen molar-refractivity contribution in [1.29, 1.82) is 0 Å². The minimum Gasteiger partial charge on any atom is -0.484 e. The standard InChI is InChI=1S/C12H19N3O3/c1-9(2)18-11-6-4-5-10(12(11)15(16)17)14-8-7-13-3/h4-6,9,13-14H,7-8H2,1-3H3. The zero-order valence-electron chi connectivity index (χ0n) is 10.9. The van der Waals surface area contributed by atoms with Crippen LogP contribution in [0, 0.1) is 10.1 Å². The molecule has 1 aromatic carbocycles. The van der Waals surface area contributed by atoms with Gasteiger partial charge in [-0.3, -0.25) is 10.1 Å². The number of anilines is 1. The molecule has 0 bridgehead atoms. The Labute approximate surface area is 106 Å². The van der Waals surface area contributed by atoms with E-state index >= 15 is 0 Å². The Hall–Kier alpha value is -1.82. The first-order chi connectivity index (χ1) is 8.56. The Balaban J connectivity index is 2.98. The van der Waals surface area contributed by atoms with E-state index < -0.39 is 4.92 Å². The van der Waals surface area contributed by atoms with Crippen LogP contribution in [-0.2, 0) is 0 Å². The van der Waals surface area contributed by atoms with Crippen molar-refractivity contribution in [3.8, 4) is 5.75 Å². The van der Waals surface area contributed by atoms with Crippen molar-refractivity contribution in [2.24, 2.45) is 0 Å². The Morgan fingerprint density at radius 3 is 2.67 bits per heavy atom. The fourth-order valence-electron chi connectivity index (χ4n) is 1.52. The molecule has 0 unspecified atom stereocenters. The van der Waals surface area contributed by atoms with Gasteiger partial charge in [-0.05, 0) is 33.0 Å². The summed E-state index contributed by atoms with van der Waals surface area (Å²) in [6.07, 6.45) is -0.101. The molecule has 1 aromatic rings. The van der Waals surface area contributed by atoms with Gasteiger partial charge in [-0.25, -0.2) is 0 Å². The molecule has 6 heteroatoms. The molecule has 0 radical (unpaired) electrons. The monoisotopic (exact) mass is 253 g/mol. The van der Waals surface area contributed by atoms with Gasteiger partial charge in [-0.1, -0.05) is 6.07 Å². The zero-order valence-corrected chi connectivity index (χ0v) is 10.9. The summed E-state index contributed by atoms with van der Waals surface area (Å²) in [6, 6.07) is 5.04. The quantitative estimate of drug-likeness (QED) is 0.441. The SMILES string of the molecule is CNCCNc1cccc(OC(C)C)c1[N+](=O)[O-]. The minimum atomic E-state index is -0.417. The Bertz CT molecular complexity index is 408. The molecule has 0 heterocycles. The molecule has 0 amide bonds. The zero-order chi connectivity index (χ0) is 13.5. The number of ether oxygens (including phenoxy) is 1. The second-order valence-corrected chi connectivity index (χ2v) is 4.11. The van der Waals surface area contributed by atoms with Gasteiger partial charge in [-0.2, -0.15) is 0 Å². The van der Waals surface area contributed by atoms with Gasteiger partial charge >= 0.3 is 5.69 Å². The van der Waals surface area contributed by atoms with Crippen LogP contribution in [0.3, 0.4) is 0 Å². The minimum absolute atomic E-state index is 0.0118. The maximum atomic E-state index is 11.1. The van der Waals surface area contributed by atoms with Crippen LogP contribution in [0.25, 0.3) is 0 Å². The molecule has 100 valence electrons. The fraction of sp³-hybridized carbons (Fsp3) is 0.500. The average molecular weight is 253 g/mol. The van der Waals surface area contributed by atoms with Gasteiger partial charge in [0.1, 0.15) is 5.69 Å². The molecule has 18 heavy (non-hydrogen) atoms. The van der Waals surface area contributed by atoms with Crippen LogP contribution >= 0.6 is 0 Å². The lowest BCUT2D eigenvalue weighted by Gasteiger charge is -2.13. The Kier molecular flexibility index (Phi) is 5.38. The molecule has 2 N–H and O–H groups in total. The highest BCUT2D eigenvalue weighted by Crippen LogP contribution is 2.35. The van der Waals surface area contributed by atoms with Crippen LogP contribution in [0.1, 0.15) is 13.8 Å². The lowest BCUT2D eigenvalue weighted by atomic mass is 10.2. The van der Waals surface area contributed by atoms with Crippen LogP contribution in [0.2, 0.25) is 0 Å². The summed E-state index contributed by atoms with van der Waals surface area (Å²) in [5.41, 5.74) is 0.468. The van der Waals surface area contributed by atoms with Crippen molar-refractivity contribution in [3.05, 3.63) is 28.3 Å². The van der Waals surface area contributed by atoms with E-state index in [9.17, 15) is 10.1 Å². The number of rotatable bonds is 7. The number of nitrogens with zero attached hydrogens (tertiary/aromatic N) is 1. The smallest absolute Gasteiger partial charge is 0.333 e. The average Bonchev–Trinajstić information content (AvgIpc) is 2.28. The van der Waals surface area contributed by atoms with E-state index in [1.807, 2.05) is 20.9 Å². The van der Waals surface area contributed by atoms with E-state index in [0.29, 0.717) is 18.0 Å². The highest BCUT2D eigenvalue weighted by Gasteiger charge is 2.21. The number of hydrogen-bond acceptors (Lipinski definition) is 5. The van der Waals surface area contributed by atoms with E-state index in [-0.39, 0.29) is 11.8 Å². The van der Waals surface area contributed by atoms with Crippen molar-refractivity contribution in [2.45, 2.75) is 20.0 Å². The van der Waals surface area contributed by atoms with Gasteiger partial charge in [0.2, 0.25) is 0 Å². The number of likely N-dealkylation sites (N-methyl/N-ethyl adjacent to an activating group) is 1. The lowest BCUT2D eigenvalue weighted by Crippen LogP contribution is -2.18. The van der Waals surface area contributed by atoms with Crippen molar-refractivity contribution < 1.29 is 9.66 Å². The van der Waals surface area contributed by atoms with Crippen LogP contribution < -0.4 is 15.4 Å². The van der Waals surface area contributed by atoms with Gasteiger partial charge in [0, 0.05) is 13.1 Å². The molecule has 0 atom stereocenters. The van der Waals surface area contributed by atoms with Crippen molar-refractivity contribution in [3.63, 3.8) is 0 Å². The number of nitro benzene ring substituents is 1. The van der Waals surface area contributed by atoms with Crippen LogP contribution in [0.5, 0.6) is 5.75 Å².